The molecule has 0 bridgehead atoms. The maximum absolute atomic E-state index is 13.4. The van der Waals surface area contributed by atoms with Crippen molar-refractivity contribution in [3.8, 4) is 0 Å². The van der Waals surface area contributed by atoms with Crippen molar-refractivity contribution < 1.29 is 4.39 Å². The SMILES string of the molecule is Cc1cc(N)nc(CCc2ccccc2F)n1. The topological polar surface area (TPSA) is 51.8 Å². The van der Waals surface area contributed by atoms with Crippen molar-refractivity contribution in [1.82, 2.24) is 9.97 Å². The van der Waals surface area contributed by atoms with Crippen LogP contribution in [0.3, 0.4) is 0 Å². The average Bonchev–Trinajstić information content (AvgIpc) is 2.27. The fourth-order valence-electron chi connectivity index (χ4n) is 1.72. The average molecular weight is 231 g/mol. The number of hydrogen-bond acceptors (Lipinski definition) is 3. The predicted molar refractivity (Wildman–Crippen MR) is 65.0 cm³/mol. The van der Waals surface area contributed by atoms with Gasteiger partial charge < -0.3 is 5.73 Å². The van der Waals surface area contributed by atoms with Crippen LogP contribution < -0.4 is 5.73 Å². The highest BCUT2D eigenvalue weighted by Gasteiger charge is 2.04. The Morgan fingerprint density at radius 1 is 1.18 bits per heavy atom. The number of aryl methyl sites for hydroxylation is 3. The first-order valence-corrected chi connectivity index (χ1v) is 5.48. The van der Waals surface area contributed by atoms with E-state index in [-0.39, 0.29) is 5.82 Å². The molecule has 0 amide bonds. The molecular formula is C13H14FN3. The van der Waals surface area contributed by atoms with E-state index in [2.05, 4.69) is 9.97 Å². The number of aromatic nitrogens is 2. The first-order chi connectivity index (χ1) is 8.15. The first-order valence-electron chi connectivity index (χ1n) is 5.48. The molecule has 0 aliphatic carbocycles. The van der Waals surface area contributed by atoms with Crippen LogP contribution in [0.5, 0.6) is 0 Å². The van der Waals surface area contributed by atoms with Crippen molar-refractivity contribution in [2.45, 2.75) is 19.8 Å². The highest BCUT2D eigenvalue weighted by molar-refractivity contribution is 5.29. The van der Waals surface area contributed by atoms with E-state index in [1.165, 1.54) is 6.07 Å². The molecule has 1 heterocycles. The van der Waals surface area contributed by atoms with Gasteiger partial charge in [0.2, 0.25) is 0 Å². The van der Waals surface area contributed by atoms with Gasteiger partial charge in [-0.15, -0.1) is 0 Å². The fourth-order valence-corrected chi connectivity index (χ4v) is 1.72. The minimum atomic E-state index is -0.187. The third kappa shape index (κ3) is 3.00. The Kier molecular flexibility index (Phi) is 3.32. The van der Waals surface area contributed by atoms with Crippen molar-refractivity contribution in [2.24, 2.45) is 0 Å². The normalized spacial score (nSPS) is 10.5. The van der Waals surface area contributed by atoms with Gasteiger partial charge in [0.25, 0.3) is 0 Å². The van der Waals surface area contributed by atoms with Crippen LogP contribution in [0.25, 0.3) is 0 Å². The molecule has 88 valence electrons. The standard InChI is InChI=1S/C13H14FN3/c1-9-8-12(15)17-13(16-9)7-6-10-4-2-3-5-11(10)14/h2-5,8H,6-7H2,1H3,(H2,15,16,17). The van der Waals surface area contributed by atoms with E-state index in [0.717, 1.165) is 5.69 Å². The van der Waals surface area contributed by atoms with Crippen LogP contribution in [0.4, 0.5) is 10.2 Å². The highest BCUT2D eigenvalue weighted by Crippen LogP contribution is 2.10. The zero-order valence-electron chi connectivity index (χ0n) is 9.65. The molecule has 2 rings (SSSR count). The van der Waals surface area contributed by atoms with Gasteiger partial charge in [-0.05, 0) is 25.0 Å². The number of nitrogens with zero attached hydrogens (tertiary/aromatic N) is 2. The molecule has 0 atom stereocenters. The van der Waals surface area contributed by atoms with Gasteiger partial charge in [-0.25, -0.2) is 14.4 Å². The lowest BCUT2D eigenvalue weighted by Gasteiger charge is -2.04. The second-order valence-corrected chi connectivity index (χ2v) is 3.94. The second kappa shape index (κ2) is 4.91. The summed E-state index contributed by atoms with van der Waals surface area (Å²) in [6.45, 7) is 1.87. The van der Waals surface area contributed by atoms with Gasteiger partial charge in [0, 0.05) is 18.2 Å². The molecule has 0 saturated heterocycles. The van der Waals surface area contributed by atoms with Crippen LogP contribution in [0.1, 0.15) is 17.1 Å². The molecule has 3 nitrogen and oxygen atoms in total. The number of rotatable bonds is 3. The van der Waals surface area contributed by atoms with Crippen molar-refractivity contribution in [1.29, 1.82) is 0 Å². The zero-order valence-corrected chi connectivity index (χ0v) is 9.65. The molecule has 1 aromatic carbocycles. The minimum absolute atomic E-state index is 0.187. The zero-order chi connectivity index (χ0) is 12.3. The smallest absolute Gasteiger partial charge is 0.131 e. The van der Waals surface area contributed by atoms with Crippen LogP contribution in [-0.2, 0) is 12.8 Å². The molecule has 0 radical (unpaired) electrons. The molecule has 0 aliphatic rings. The second-order valence-electron chi connectivity index (χ2n) is 3.94. The monoisotopic (exact) mass is 231 g/mol. The predicted octanol–water partition coefficient (Wildman–Crippen LogP) is 2.29. The number of benzene rings is 1. The molecule has 0 fully saturated rings. The van der Waals surface area contributed by atoms with Gasteiger partial charge in [0.1, 0.15) is 17.5 Å². The summed E-state index contributed by atoms with van der Waals surface area (Å²) in [5.41, 5.74) is 7.14. The Bertz CT molecular complexity index is 506. The first kappa shape index (κ1) is 11.5. The molecule has 17 heavy (non-hydrogen) atoms. The quantitative estimate of drug-likeness (QED) is 0.881. The Hall–Kier alpha value is -1.97. The molecule has 0 unspecified atom stereocenters. The Morgan fingerprint density at radius 2 is 1.94 bits per heavy atom. The largest absolute Gasteiger partial charge is 0.384 e. The van der Waals surface area contributed by atoms with Gasteiger partial charge >= 0.3 is 0 Å². The molecule has 2 aromatic rings. The fraction of sp³-hybridized carbons (Fsp3) is 0.231. The Morgan fingerprint density at radius 3 is 2.65 bits per heavy atom. The Labute approximate surface area is 99.5 Å². The third-order valence-corrected chi connectivity index (χ3v) is 2.50. The maximum Gasteiger partial charge on any atom is 0.131 e. The number of anilines is 1. The van der Waals surface area contributed by atoms with Gasteiger partial charge in [0.15, 0.2) is 0 Å². The summed E-state index contributed by atoms with van der Waals surface area (Å²) in [5, 5.41) is 0. The van der Waals surface area contributed by atoms with Crippen molar-refractivity contribution in [2.75, 3.05) is 5.73 Å². The lowest BCUT2D eigenvalue weighted by atomic mass is 10.1. The van der Waals surface area contributed by atoms with E-state index in [9.17, 15) is 4.39 Å². The van der Waals surface area contributed by atoms with E-state index in [1.807, 2.05) is 13.0 Å². The summed E-state index contributed by atoms with van der Waals surface area (Å²) in [6, 6.07) is 8.45. The van der Waals surface area contributed by atoms with E-state index in [0.29, 0.717) is 30.0 Å². The molecule has 0 aliphatic heterocycles. The van der Waals surface area contributed by atoms with Crippen LogP contribution in [0, 0.1) is 12.7 Å². The summed E-state index contributed by atoms with van der Waals surface area (Å²) in [7, 11) is 0. The van der Waals surface area contributed by atoms with Crippen molar-refractivity contribution >= 4 is 5.82 Å². The maximum atomic E-state index is 13.4. The van der Waals surface area contributed by atoms with E-state index < -0.39 is 0 Å². The van der Waals surface area contributed by atoms with E-state index in [1.54, 1.807) is 18.2 Å². The Balaban J connectivity index is 2.10. The lowest BCUT2D eigenvalue weighted by molar-refractivity contribution is 0.607. The van der Waals surface area contributed by atoms with Gasteiger partial charge in [-0.2, -0.15) is 0 Å². The highest BCUT2D eigenvalue weighted by atomic mass is 19.1. The lowest BCUT2D eigenvalue weighted by Crippen LogP contribution is -2.03. The molecule has 1 aromatic heterocycles. The molecular weight excluding hydrogens is 217 g/mol. The van der Waals surface area contributed by atoms with E-state index in [4.69, 9.17) is 5.73 Å². The van der Waals surface area contributed by atoms with E-state index >= 15 is 0 Å². The molecule has 0 saturated carbocycles. The molecule has 4 heteroatoms. The summed E-state index contributed by atoms with van der Waals surface area (Å²) in [5.74, 6) is 0.930. The third-order valence-electron chi connectivity index (χ3n) is 2.50. The van der Waals surface area contributed by atoms with Crippen LogP contribution in [0.2, 0.25) is 0 Å². The van der Waals surface area contributed by atoms with Crippen LogP contribution in [0.15, 0.2) is 30.3 Å². The van der Waals surface area contributed by atoms with Crippen molar-refractivity contribution in [3.05, 3.63) is 53.2 Å². The molecule has 0 spiro atoms. The van der Waals surface area contributed by atoms with Gasteiger partial charge in [-0.3, -0.25) is 0 Å². The van der Waals surface area contributed by atoms with Crippen molar-refractivity contribution in [3.63, 3.8) is 0 Å². The molecule has 2 N–H and O–H groups in total. The van der Waals surface area contributed by atoms with Gasteiger partial charge in [-0.1, -0.05) is 18.2 Å². The number of halogens is 1. The summed E-state index contributed by atoms with van der Waals surface area (Å²) >= 11 is 0. The minimum Gasteiger partial charge on any atom is -0.384 e. The van der Waals surface area contributed by atoms with Gasteiger partial charge in [0.05, 0.1) is 0 Å². The summed E-state index contributed by atoms with van der Waals surface area (Å²) in [4.78, 5) is 8.39. The number of hydrogen-bond donors (Lipinski definition) is 1. The number of nitrogen functional groups attached to an aromatic ring is 1. The van der Waals surface area contributed by atoms with Crippen LogP contribution >= 0.6 is 0 Å². The number of nitrogens with two attached hydrogens (primary N) is 1. The van der Waals surface area contributed by atoms with Crippen LogP contribution in [-0.4, -0.2) is 9.97 Å². The summed E-state index contributed by atoms with van der Waals surface area (Å²) in [6.07, 6.45) is 1.17. The summed E-state index contributed by atoms with van der Waals surface area (Å²) < 4.78 is 13.4.